The second-order valence-electron chi connectivity index (χ2n) is 7.39. The first-order valence-electron chi connectivity index (χ1n) is 9.78. The van der Waals surface area contributed by atoms with Gasteiger partial charge in [0.2, 0.25) is 5.95 Å². The van der Waals surface area contributed by atoms with Crippen molar-refractivity contribution in [3.05, 3.63) is 59.4 Å². The van der Waals surface area contributed by atoms with Crippen molar-refractivity contribution in [2.45, 2.75) is 19.4 Å². The van der Waals surface area contributed by atoms with Gasteiger partial charge >= 0.3 is 5.97 Å². The van der Waals surface area contributed by atoms with E-state index in [-0.39, 0.29) is 12.2 Å². The summed E-state index contributed by atoms with van der Waals surface area (Å²) in [6.07, 6.45) is 1.73. The number of hydrogen-bond donors (Lipinski definition) is 1. The quantitative estimate of drug-likeness (QED) is 0.648. The molecule has 1 aliphatic heterocycles. The third-order valence-electron chi connectivity index (χ3n) is 5.49. The van der Waals surface area contributed by atoms with E-state index in [4.69, 9.17) is 4.98 Å². The Morgan fingerprint density at radius 2 is 2.14 bits per heavy atom. The molecule has 0 bridgehead atoms. The molecule has 1 unspecified atom stereocenters. The molecule has 0 radical (unpaired) electrons. The summed E-state index contributed by atoms with van der Waals surface area (Å²) in [5.74, 6) is 0.0203. The second-order valence-corrected chi connectivity index (χ2v) is 7.39. The number of rotatable bonds is 6. The molecule has 1 saturated heterocycles. The van der Waals surface area contributed by atoms with Gasteiger partial charge in [-0.1, -0.05) is 18.2 Å². The topological polar surface area (TPSA) is 67.6 Å². The van der Waals surface area contributed by atoms with E-state index < -0.39 is 11.8 Å². The zero-order valence-electron chi connectivity index (χ0n) is 16.3. The molecule has 1 N–H and O–H groups in total. The third kappa shape index (κ3) is 3.82. The van der Waals surface area contributed by atoms with Crippen molar-refractivity contribution in [2.75, 3.05) is 31.7 Å². The first-order valence-corrected chi connectivity index (χ1v) is 9.78. The molecule has 2 heterocycles. The number of ether oxygens (including phenoxy) is 1. The molecule has 1 atom stereocenters. The predicted octanol–water partition coefficient (Wildman–Crippen LogP) is 3.02. The van der Waals surface area contributed by atoms with Crippen LogP contribution in [-0.2, 0) is 17.7 Å². The highest BCUT2D eigenvalue weighted by molar-refractivity contribution is 5.89. The highest BCUT2D eigenvalue weighted by Crippen LogP contribution is 2.29. The Morgan fingerprint density at radius 3 is 2.93 bits per heavy atom. The summed E-state index contributed by atoms with van der Waals surface area (Å²) in [6, 6.07) is 12.6. The minimum absolute atomic E-state index is 0.0235. The lowest BCUT2D eigenvalue weighted by Gasteiger charge is -2.19. The summed E-state index contributed by atoms with van der Waals surface area (Å²) < 4.78 is 20.6. The average Bonchev–Trinajstić information content (AvgIpc) is 3.34. The zero-order chi connectivity index (χ0) is 20.4. The van der Waals surface area contributed by atoms with E-state index in [1.807, 2.05) is 24.3 Å². The molecular formula is C22H24FN3O3. The van der Waals surface area contributed by atoms with Crippen LogP contribution in [0.3, 0.4) is 0 Å². The number of aromatic nitrogens is 2. The first-order chi connectivity index (χ1) is 14.1. The van der Waals surface area contributed by atoms with Crippen LogP contribution in [-0.4, -0.2) is 47.4 Å². The Morgan fingerprint density at radius 1 is 1.31 bits per heavy atom. The predicted molar refractivity (Wildman–Crippen MR) is 109 cm³/mol. The van der Waals surface area contributed by atoms with Gasteiger partial charge in [-0.25, -0.2) is 14.2 Å². The summed E-state index contributed by atoms with van der Waals surface area (Å²) in [5.41, 5.74) is 2.83. The van der Waals surface area contributed by atoms with E-state index in [1.165, 1.54) is 13.2 Å². The summed E-state index contributed by atoms with van der Waals surface area (Å²) in [4.78, 5) is 18.8. The molecule has 0 saturated carbocycles. The van der Waals surface area contributed by atoms with Gasteiger partial charge in [0.1, 0.15) is 5.82 Å². The number of aliphatic hydroxyl groups is 1. The number of imidazole rings is 1. The Bertz CT molecular complexity index is 1030. The summed E-state index contributed by atoms with van der Waals surface area (Å²) >= 11 is 0. The fraction of sp³-hybridized carbons (Fsp3) is 0.364. The SMILES string of the molecule is COC(=O)c1cc(CC2CCN(c3nc4ccccc4n3CCO)C2)ccc1F. The van der Waals surface area contributed by atoms with Crippen LogP contribution >= 0.6 is 0 Å². The van der Waals surface area contributed by atoms with Gasteiger partial charge in [-0.3, -0.25) is 0 Å². The van der Waals surface area contributed by atoms with E-state index in [1.54, 1.807) is 12.1 Å². The molecular weight excluding hydrogens is 373 g/mol. The van der Waals surface area contributed by atoms with Crippen LogP contribution in [0.2, 0.25) is 0 Å². The van der Waals surface area contributed by atoms with Crippen LogP contribution in [0.1, 0.15) is 22.3 Å². The number of esters is 1. The number of carbonyl (C=O) groups excluding carboxylic acids is 1. The molecule has 2 aromatic carbocycles. The Hall–Kier alpha value is -2.93. The van der Waals surface area contributed by atoms with E-state index in [9.17, 15) is 14.3 Å². The number of nitrogens with zero attached hydrogens (tertiary/aromatic N) is 3. The Labute approximate surface area is 168 Å². The molecule has 4 rings (SSSR count). The van der Waals surface area contributed by atoms with Crippen molar-refractivity contribution in [1.29, 1.82) is 0 Å². The average molecular weight is 397 g/mol. The molecule has 0 aliphatic carbocycles. The summed E-state index contributed by atoms with van der Waals surface area (Å²) in [7, 11) is 1.25. The number of anilines is 1. The normalized spacial score (nSPS) is 16.5. The van der Waals surface area contributed by atoms with Gasteiger partial charge in [0, 0.05) is 19.6 Å². The smallest absolute Gasteiger partial charge is 0.340 e. The monoisotopic (exact) mass is 397 g/mol. The van der Waals surface area contributed by atoms with Gasteiger partial charge in [-0.15, -0.1) is 0 Å². The largest absolute Gasteiger partial charge is 0.465 e. The summed E-state index contributed by atoms with van der Waals surface area (Å²) in [6.45, 7) is 2.23. The number of halogens is 1. The third-order valence-corrected chi connectivity index (χ3v) is 5.49. The fourth-order valence-electron chi connectivity index (χ4n) is 4.10. The van der Waals surface area contributed by atoms with Gasteiger partial charge in [0.15, 0.2) is 0 Å². The van der Waals surface area contributed by atoms with E-state index in [0.29, 0.717) is 12.5 Å². The molecule has 1 aliphatic rings. The van der Waals surface area contributed by atoms with Crippen molar-refractivity contribution in [3.8, 4) is 0 Å². The van der Waals surface area contributed by atoms with Crippen molar-refractivity contribution in [1.82, 2.24) is 9.55 Å². The maximum atomic E-state index is 13.9. The number of methoxy groups -OCH3 is 1. The standard InChI is InChI=1S/C22H24FN3O3/c1-29-21(28)17-13-15(6-7-18(17)23)12-16-8-9-25(14-16)22-24-19-4-2-3-5-20(19)26(22)10-11-27/h2-7,13,16,27H,8-12,14H2,1H3. The minimum atomic E-state index is -0.657. The van der Waals surface area contributed by atoms with E-state index in [0.717, 1.165) is 48.5 Å². The van der Waals surface area contributed by atoms with Gasteiger partial charge in [0.25, 0.3) is 0 Å². The van der Waals surface area contributed by atoms with E-state index in [2.05, 4.69) is 14.2 Å². The molecule has 1 aromatic heterocycles. The van der Waals surface area contributed by atoms with Gasteiger partial charge < -0.3 is 19.3 Å². The second kappa shape index (κ2) is 8.21. The van der Waals surface area contributed by atoms with Crippen LogP contribution in [0.25, 0.3) is 11.0 Å². The lowest BCUT2D eigenvalue weighted by atomic mass is 9.97. The Kier molecular flexibility index (Phi) is 5.49. The maximum absolute atomic E-state index is 13.9. The van der Waals surface area contributed by atoms with Crippen LogP contribution in [0.15, 0.2) is 42.5 Å². The molecule has 29 heavy (non-hydrogen) atoms. The molecule has 7 heteroatoms. The lowest BCUT2D eigenvalue weighted by Crippen LogP contribution is -2.24. The highest BCUT2D eigenvalue weighted by atomic mass is 19.1. The lowest BCUT2D eigenvalue weighted by molar-refractivity contribution is 0.0595. The van der Waals surface area contributed by atoms with Gasteiger partial charge in [-0.2, -0.15) is 0 Å². The van der Waals surface area contributed by atoms with Crippen LogP contribution in [0.4, 0.5) is 10.3 Å². The van der Waals surface area contributed by atoms with Crippen molar-refractivity contribution in [2.24, 2.45) is 5.92 Å². The van der Waals surface area contributed by atoms with Gasteiger partial charge in [0.05, 0.1) is 30.3 Å². The number of benzene rings is 2. The number of aliphatic hydroxyl groups excluding tert-OH is 1. The molecule has 1 fully saturated rings. The van der Waals surface area contributed by atoms with E-state index >= 15 is 0 Å². The van der Waals surface area contributed by atoms with Gasteiger partial charge in [-0.05, 0) is 48.6 Å². The van der Waals surface area contributed by atoms with Crippen LogP contribution < -0.4 is 4.90 Å². The number of fused-ring (bicyclic) bond motifs is 1. The number of para-hydroxylation sites is 2. The van der Waals surface area contributed by atoms with Crippen molar-refractivity contribution in [3.63, 3.8) is 0 Å². The van der Waals surface area contributed by atoms with Crippen molar-refractivity contribution >= 4 is 23.0 Å². The molecule has 6 nitrogen and oxygen atoms in total. The number of carbonyl (C=O) groups is 1. The molecule has 3 aromatic rings. The van der Waals surface area contributed by atoms with Crippen LogP contribution in [0.5, 0.6) is 0 Å². The molecule has 0 amide bonds. The van der Waals surface area contributed by atoms with Crippen molar-refractivity contribution < 1.29 is 19.0 Å². The van der Waals surface area contributed by atoms with Crippen LogP contribution in [0, 0.1) is 11.7 Å². The molecule has 0 spiro atoms. The number of hydrogen-bond acceptors (Lipinski definition) is 5. The highest BCUT2D eigenvalue weighted by Gasteiger charge is 2.27. The first kappa shape index (κ1) is 19.4. The Balaban J connectivity index is 1.52. The molecule has 152 valence electrons. The zero-order valence-corrected chi connectivity index (χ0v) is 16.3. The summed E-state index contributed by atoms with van der Waals surface area (Å²) in [5, 5.41) is 9.49. The fourth-order valence-corrected chi connectivity index (χ4v) is 4.10. The minimum Gasteiger partial charge on any atom is -0.465 e. The maximum Gasteiger partial charge on any atom is 0.340 e.